The van der Waals surface area contributed by atoms with Crippen LogP contribution in [0.4, 0.5) is 5.69 Å². The van der Waals surface area contributed by atoms with E-state index >= 15 is 0 Å². The standard InChI is InChI=1S/C21H14Cl2N2O3/c1-12-16(6-3-7-18(12)23)19-9-8-15(28-19)11-17-20(26)24-25(21(17)27)14-5-2-4-13(22)10-14/h2-11H,1H3,(H,24,26)/b17-11+. The van der Waals surface area contributed by atoms with Gasteiger partial charge in [0.05, 0.1) is 5.69 Å². The van der Waals surface area contributed by atoms with Crippen molar-refractivity contribution in [3.05, 3.63) is 81.5 Å². The Kier molecular flexibility index (Phi) is 4.71. The summed E-state index contributed by atoms with van der Waals surface area (Å²) in [5.74, 6) is -0.00349. The minimum Gasteiger partial charge on any atom is -0.457 e. The number of hydrogen-bond donors (Lipinski definition) is 1. The fourth-order valence-electron chi connectivity index (χ4n) is 2.95. The molecule has 3 aromatic rings. The van der Waals surface area contributed by atoms with Crippen LogP contribution in [-0.4, -0.2) is 11.8 Å². The van der Waals surface area contributed by atoms with Gasteiger partial charge in [0.1, 0.15) is 17.1 Å². The molecule has 0 unspecified atom stereocenters. The molecule has 0 saturated carbocycles. The first-order valence-corrected chi connectivity index (χ1v) is 9.17. The first-order chi connectivity index (χ1) is 13.4. The minimum absolute atomic E-state index is 0.0244. The summed E-state index contributed by atoms with van der Waals surface area (Å²) in [7, 11) is 0. The molecular formula is C21H14Cl2N2O3. The monoisotopic (exact) mass is 412 g/mol. The van der Waals surface area contributed by atoms with E-state index in [2.05, 4.69) is 5.43 Å². The number of anilines is 1. The lowest BCUT2D eigenvalue weighted by Crippen LogP contribution is -2.35. The van der Waals surface area contributed by atoms with Crippen LogP contribution in [0.15, 0.2) is 64.6 Å². The van der Waals surface area contributed by atoms with Crippen LogP contribution in [0.2, 0.25) is 10.0 Å². The van der Waals surface area contributed by atoms with Gasteiger partial charge in [-0.3, -0.25) is 15.0 Å². The van der Waals surface area contributed by atoms with Crippen molar-refractivity contribution >= 4 is 46.8 Å². The van der Waals surface area contributed by atoms with Crippen molar-refractivity contribution in [3.63, 3.8) is 0 Å². The highest BCUT2D eigenvalue weighted by Crippen LogP contribution is 2.31. The number of hydrazine groups is 1. The summed E-state index contributed by atoms with van der Waals surface area (Å²) in [4.78, 5) is 25.0. The first kappa shape index (κ1) is 18.3. The van der Waals surface area contributed by atoms with Crippen molar-refractivity contribution in [2.45, 2.75) is 6.92 Å². The molecule has 4 rings (SSSR count). The average Bonchev–Trinajstić information content (AvgIpc) is 3.24. The highest BCUT2D eigenvalue weighted by molar-refractivity contribution is 6.33. The number of nitrogens with one attached hydrogen (secondary N) is 1. The number of rotatable bonds is 3. The van der Waals surface area contributed by atoms with Crippen LogP contribution >= 0.6 is 23.2 Å². The van der Waals surface area contributed by atoms with Crippen LogP contribution < -0.4 is 10.4 Å². The average molecular weight is 413 g/mol. The third-order valence-electron chi connectivity index (χ3n) is 4.40. The molecule has 2 heterocycles. The van der Waals surface area contributed by atoms with E-state index in [0.29, 0.717) is 27.3 Å². The molecule has 1 saturated heterocycles. The Labute approximate surface area is 171 Å². The van der Waals surface area contributed by atoms with Crippen LogP contribution in [0.5, 0.6) is 0 Å². The first-order valence-electron chi connectivity index (χ1n) is 8.42. The third kappa shape index (κ3) is 3.30. The van der Waals surface area contributed by atoms with Gasteiger partial charge in [0.15, 0.2) is 0 Å². The zero-order valence-electron chi connectivity index (χ0n) is 14.7. The summed E-state index contributed by atoms with van der Waals surface area (Å²) in [6.07, 6.45) is 1.42. The maximum absolute atomic E-state index is 12.7. The van der Waals surface area contributed by atoms with E-state index in [-0.39, 0.29) is 5.57 Å². The summed E-state index contributed by atoms with van der Waals surface area (Å²) in [5, 5.41) is 2.26. The molecule has 28 heavy (non-hydrogen) atoms. The minimum atomic E-state index is -0.512. The third-order valence-corrected chi connectivity index (χ3v) is 5.05. The Morgan fingerprint density at radius 3 is 2.61 bits per heavy atom. The molecular weight excluding hydrogens is 399 g/mol. The normalized spacial score (nSPS) is 15.4. The molecule has 7 heteroatoms. The lowest BCUT2D eigenvalue weighted by molar-refractivity contribution is -0.117. The zero-order valence-corrected chi connectivity index (χ0v) is 16.2. The maximum atomic E-state index is 12.7. The lowest BCUT2D eigenvalue weighted by atomic mass is 10.1. The maximum Gasteiger partial charge on any atom is 0.282 e. The van der Waals surface area contributed by atoms with Gasteiger partial charge in [0.25, 0.3) is 11.8 Å². The topological polar surface area (TPSA) is 62.6 Å². The highest BCUT2D eigenvalue weighted by atomic mass is 35.5. The second-order valence-electron chi connectivity index (χ2n) is 6.23. The molecule has 1 fully saturated rings. The number of halogens is 2. The number of hydrogen-bond acceptors (Lipinski definition) is 3. The quantitative estimate of drug-likeness (QED) is 0.484. The van der Waals surface area contributed by atoms with Crippen LogP contribution in [0.25, 0.3) is 17.4 Å². The number of carbonyl (C=O) groups excluding carboxylic acids is 2. The van der Waals surface area contributed by atoms with Crippen molar-refractivity contribution in [2.75, 3.05) is 5.01 Å². The van der Waals surface area contributed by atoms with E-state index in [1.807, 2.05) is 19.1 Å². The second kappa shape index (κ2) is 7.19. The molecule has 0 spiro atoms. The Morgan fingerprint density at radius 2 is 1.82 bits per heavy atom. The van der Waals surface area contributed by atoms with E-state index in [1.165, 1.54) is 6.08 Å². The molecule has 1 aliphatic heterocycles. The van der Waals surface area contributed by atoms with Crippen molar-refractivity contribution in [1.29, 1.82) is 0 Å². The molecule has 1 N–H and O–H groups in total. The summed E-state index contributed by atoms with van der Waals surface area (Å²) in [5.41, 5.74) is 4.72. The fourth-order valence-corrected chi connectivity index (χ4v) is 3.31. The van der Waals surface area contributed by atoms with Crippen molar-refractivity contribution in [3.8, 4) is 11.3 Å². The molecule has 0 bridgehead atoms. The van der Waals surface area contributed by atoms with E-state index in [4.69, 9.17) is 27.6 Å². The van der Waals surface area contributed by atoms with E-state index in [9.17, 15) is 9.59 Å². The molecule has 2 aromatic carbocycles. The molecule has 2 amide bonds. The molecule has 5 nitrogen and oxygen atoms in total. The van der Waals surface area contributed by atoms with Gasteiger partial charge in [-0.05, 0) is 55.0 Å². The second-order valence-corrected chi connectivity index (χ2v) is 7.08. The van der Waals surface area contributed by atoms with Gasteiger partial charge < -0.3 is 4.42 Å². The van der Waals surface area contributed by atoms with Gasteiger partial charge in [0.2, 0.25) is 0 Å². The van der Waals surface area contributed by atoms with E-state index in [0.717, 1.165) is 16.1 Å². The van der Waals surface area contributed by atoms with Gasteiger partial charge in [-0.2, -0.15) is 0 Å². The number of benzene rings is 2. The molecule has 1 aliphatic rings. The van der Waals surface area contributed by atoms with Crippen LogP contribution in [0, 0.1) is 6.92 Å². The predicted molar refractivity (Wildman–Crippen MR) is 109 cm³/mol. The Morgan fingerprint density at radius 1 is 1.04 bits per heavy atom. The number of furan rings is 1. The molecule has 1 aromatic heterocycles. The number of nitrogens with zero attached hydrogens (tertiary/aromatic N) is 1. The summed E-state index contributed by atoms with van der Waals surface area (Å²) in [6.45, 7) is 1.90. The predicted octanol–water partition coefficient (Wildman–Crippen LogP) is 5.02. The Hall–Kier alpha value is -3.02. The molecule has 140 valence electrons. The highest BCUT2D eigenvalue weighted by Gasteiger charge is 2.34. The summed E-state index contributed by atoms with van der Waals surface area (Å²) >= 11 is 12.1. The number of amides is 2. The fraction of sp³-hybridized carbons (Fsp3) is 0.0476. The Balaban J connectivity index is 1.64. The smallest absolute Gasteiger partial charge is 0.282 e. The summed E-state index contributed by atoms with van der Waals surface area (Å²) in [6, 6.07) is 15.7. The largest absolute Gasteiger partial charge is 0.457 e. The van der Waals surface area contributed by atoms with Crippen molar-refractivity contribution in [2.24, 2.45) is 0 Å². The van der Waals surface area contributed by atoms with Crippen LogP contribution in [0.3, 0.4) is 0 Å². The van der Waals surface area contributed by atoms with Crippen LogP contribution in [0.1, 0.15) is 11.3 Å². The number of carbonyl (C=O) groups is 2. The van der Waals surface area contributed by atoms with Gasteiger partial charge in [-0.25, -0.2) is 5.01 Å². The van der Waals surface area contributed by atoms with Gasteiger partial charge in [0, 0.05) is 15.6 Å². The van der Waals surface area contributed by atoms with Crippen LogP contribution in [-0.2, 0) is 9.59 Å². The molecule has 0 atom stereocenters. The van der Waals surface area contributed by atoms with Gasteiger partial charge in [-0.15, -0.1) is 0 Å². The summed E-state index contributed by atoms with van der Waals surface area (Å²) < 4.78 is 5.82. The van der Waals surface area contributed by atoms with Gasteiger partial charge >= 0.3 is 0 Å². The zero-order chi connectivity index (χ0) is 19.8. The van der Waals surface area contributed by atoms with E-state index < -0.39 is 11.8 Å². The Bertz CT molecular complexity index is 1130. The lowest BCUT2D eigenvalue weighted by Gasteiger charge is -2.14. The van der Waals surface area contributed by atoms with Crippen molar-refractivity contribution < 1.29 is 14.0 Å². The molecule has 0 aliphatic carbocycles. The molecule has 0 radical (unpaired) electrons. The van der Waals surface area contributed by atoms with Crippen molar-refractivity contribution in [1.82, 2.24) is 5.43 Å². The van der Waals surface area contributed by atoms with E-state index in [1.54, 1.807) is 42.5 Å². The SMILES string of the molecule is Cc1c(Cl)cccc1-c1ccc(/C=C2\C(=O)NN(c3cccc(Cl)c3)C2=O)o1. The van der Waals surface area contributed by atoms with Gasteiger partial charge in [-0.1, -0.05) is 41.4 Å².